The Kier molecular flexibility index (Phi) is 3.13. The zero-order valence-corrected chi connectivity index (χ0v) is 11.0. The zero-order valence-electron chi connectivity index (χ0n) is 11.0. The molecule has 3 rings (SSSR count). The Balaban J connectivity index is 1.87. The Morgan fingerprint density at radius 2 is 1.76 bits per heavy atom. The summed E-state index contributed by atoms with van der Waals surface area (Å²) in [5.41, 5.74) is 1.55. The lowest BCUT2D eigenvalue weighted by Gasteiger charge is -2.15. The summed E-state index contributed by atoms with van der Waals surface area (Å²) in [4.78, 5) is 23.9. The van der Waals surface area contributed by atoms with Crippen LogP contribution in [0.2, 0.25) is 0 Å². The quantitative estimate of drug-likeness (QED) is 0.630. The van der Waals surface area contributed by atoms with E-state index >= 15 is 0 Å². The van der Waals surface area contributed by atoms with Gasteiger partial charge in [-0.05, 0) is 23.3 Å². The monoisotopic (exact) mass is 286 g/mol. The molecule has 0 atom stereocenters. The Morgan fingerprint density at radius 1 is 1.14 bits per heavy atom. The van der Waals surface area contributed by atoms with Crippen LogP contribution in [-0.4, -0.2) is 15.7 Å². The molecule has 0 fully saturated rings. The highest BCUT2D eigenvalue weighted by Gasteiger charge is 2.26. The third kappa shape index (κ3) is 2.35. The number of carbonyl (C=O) groups is 1. The summed E-state index contributed by atoms with van der Waals surface area (Å²) in [6, 6.07) is 10.9. The Labute approximate surface area is 119 Å². The van der Waals surface area contributed by atoms with Gasteiger partial charge in [0.2, 0.25) is 5.82 Å². The lowest BCUT2D eigenvalue weighted by molar-refractivity contribution is -0.387. The van der Waals surface area contributed by atoms with Gasteiger partial charge in [0, 0.05) is 24.7 Å². The van der Waals surface area contributed by atoms with Gasteiger partial charge in [-0.15, -0.1) is 0 Å². The summed E-state index contributed by atoms with van der Waals surface area (Å²) < 4.78 is 13.3. The predicted molar refractivity (Wildman–Crippen MR) is 73.1 cm³/mol. The molecule has 0 N–H and O–H groups in total. The average molecular weight is 286 g/mol. The van der Waals surface area contributed by atoms with E-state index in [1.807, 2.05) is 24.3 Å². The first-order chi connectivity index (χ1) is 10.1. The summed E-state index contributed by atoms with van der Waals surface area (Å²) in [7, 11) is 0. The van der Waals surface area contributed by atoms with Crippen LogP contribution in [-0.2, 0) is 13.1 Å². The lowest BCUT2D eigenvalue weighted by Crippen LogP contribution is -2.25. The Bertz CT molecular complexity index is 720. The van der Waals surface area contributed by atoms with E-state index in [-0.39, 0.29) is 11.5 Å². The molecular weight excluding hydrogens is 275 g/mol. The molecule has 0 saturated heterocycles. The number of nitro benzene ring substituents is 1. The van der Waals surface area contributed by atoms with Crippen molar-refractivity contribution in [2.45, 2.75) is 13.1 Å². The summed E-state index contributed by atoms with van der Waals surface area (Å²) in [6.07, 6.45) is 0. The number of nitro groups is 1. The van der Waals surface area contributed by atoms with Crippen molar-refractivity contribution in [1.29, 1.82) is 0 Å². The summed E-state index contributed by atoms with van der Waals surface area (Å²) >= 11 is 0. The molecular formula is C15H11FN2O3. The molecule has 0 unspecified atom stereocenters. The van der Waals surface area contributed by atoms with Crippen LogP contribution in [0.3, 0.4) is 0 Å². The van der Waals surface area contributed by atoms with Gasteiger partial charge in [0.25, 0.3) is 5.91 Å². The second-order valence-electron chi connectivity index (χ2n) is 4.85. The van der Waals surface area contributed by atoms with Gasteiger partial charge in [-0.1, -0.05) is 24.3 Å². The molecule has 2 aromatic carbocycles. The maximum atomic E-state index is 13.3. The van der Waals surface area contributed by atoms with Crippen LogP contribution in [0.15, 0.2) is 42.5 Å². The fraction of sp³-hybridized carbons (Fsp3) is 0.133. The van der Waals surface area contributed by atoms with Gasteiger partial charge < -0.3 is 4.90 Å². The van der Waals surface area contributed by atoms with E-state index < -0.39 is 16.4 Å². The fourth-order valence-electron chi connectivity index (χ4n) is 2.44. The third-order valence-electron chi connectivity index (χ3n) is 3.52. The van der Waals surface area contributed by atoms with Crippen molar-refractivity contribution in [3.8, 4) is 0 Å². The van der Waals surface area contributed by atoms with Gasteiger partial charge in [-0.25, -0.2) is 0 Å². The van der Waals surface area contributed by atoms with Crippen molar-refractivity contribution in [2.75, 3.05) is 0 Å². The van der Waals surface area contributed by atoms with Crippen molar-refractivity contribution >= 4 is 11.6 Å². The topological polar surface area (TPSA) is 63.4 Å². The number of carbonyl (C=O) groups excluding carboxylic acids is 1. The van der Waals surface area contributed by atoms with Gasteiger partial charge in [0.15, 0.2) is 0 Å². The van der Waals surface area contributed by atoms with E-state index in [0.717, 1.165) is 23.3 Å². The minimum Gasteiger partial charge on any atom is -0.330 e. The van der Waals surface area contributed by atoms with Crippen LogP contribution in [0.5, 0.6) is 0 Å². The zero-order chi connectivity index (χ0) is 15.0. The molecule has 0 aliphatic carbocycles. The van der Waals surface area contributed by atoms with Gasteiger partial charge in [-0.2, -0.15) is 4.39 Å². The Hall–Kier alpha value is -2.76. The molecule has 0 bridgehead atoms. The van der Waals surface area contributed by atoms with E-state index in [9.17, 15) is 19.3 Å². The molecule has 1 amide bonds. The average Bonchev–Trinajstić information content (AvgIpc) is 2.90. The maximum Gasteiger partial charge on any atom is 0.305 e. The molecule has 0 radical (unpaired) electrons. The number of hydrogen-bond acceptors (Lipinski definition) is 3. The van der Waals surface area contributed by atoms with E-state index in [2.05, 4.69) is 0 Å². The van der Waals surface area contributed by atoms with Crippen LogP contribution in [0, 0.1) is 15.9 Å². The summed E-state index contributed by atoms with van der Waals surface area (Å²) in [5.74, 6) is -1.28. The van der Waals surface area contributed by atoms with Gasteiger partial charge >= 0.3 is 5.69 Å². The van der Waals surface area contributed by atoms with Gasteiger partial charge in [0.05, 0.1) is 4.92 Å². The number of rotatable bonds is 2. The minimum atomic E-state index is -0.943. The van der Waals surface area contributed by atoms with Crippen LogP contribution in [0.4, 0.5) is 10.1 Å². The number of fused-ring (bicyclic) bond motifs is 1. The first kappa shape index (κ1) is 13.2. The van der Waals surface area contributed by atoms with E-state index in [1.54, 1.807) is 4.90 Å². The minimum absolute atomic E-state index is 0.121. The number of hydrogen-bond donors (Lipinski definition) is 0. The highest BCUT2D eigenvalue weighted by molar-refractivity contribution is 5.95. The van der Waals surface area contributed by atoms with Crippen molar-refractivity contribution in [3.63, 3.8) is 0 Å². The molecule has 106 valence electrons. The molecule has 1 aliphatic rings. The predicted octanol–water partition coefficient (Wildman–Crippen LogP) is 2.89. The van der Waals surface area contributed by atoms with E-state index in [1.165, 1.54) is 6.07 Å². The molecule has 5 nitrogen and oxygen atoms in total. The molecule has 21 heavy (non-hydrogen) atoms. The van der Waals surface area contributed by atoms with Crippen LogP contribution < -0.4 is 0 Å². The fourth-order valence-corrected chi connectivity index (χ4v) is 2.44. The first-order valence-electron chi connectivity index (χ1n) is 6.36. The standard InChI is InChI=1S/C15H11FN2O3/c16-13-6-5-10(7-14(13)18(20)21)15(19)17-8-11-3-1-2-4-12(11)9-17/h1-7H,8-9H2. The van der Waals surface area contributed by atoms with Crippen molar-refractivity contribution < 1.29 is 14.1 Å². The number of benzene rings is 2. The molecule has 6 heteroatoms. The SMILES string of the molecule is O=C(c1ccc(F)c([N+](=O)[O-])c1)N1Cc2ccccc2C1. The van der Waals surface area contributed by atoms with Crippen LogP contribution in [0.1, 0.15) is 21.5 Å². The third-order valence-corrected chi connectivity index (χ3v) is 3.52. The molecule has 2 aromatic rings. The molecule has 1 heterocycles. The normalized spacial score (nSPS) is 13.1. The molecule has 0 saturated carbocycles. The number of nitrogens with zero attached hydrogens (tertiary/aromatic N) is 2. The van der Waals surface area contributed by atoms with Crippen molar-refractivity contribution in [2.24, 2.45) is 0 Å². The van der Waals surface area contributed by atoms with Crippen molar-refractivity contribution in [3.05, 3.63) is 75.1 Å². The Morgan fingerprint density at radius 3 is 2.33 bits per heavy atom. The smallest absolute Gasteiger partial charge is 0.305 e. The molecule has 0 spiro atoms. The highest BCUT2D eigenvalue weighted by Crippen LogP contribution is 2.25. The summed E-state index contributed by atoms with van der Waals surface area (Å²) in [5, 5.41) is 10.7. The second kappa shape index (κ2) is 4.97. The molecule has 0 aromatic heterocycles. The number of amides is 1. The molecule has 1 aliphatic heterocycles. The second-order valence-corrected chi connectivity index (χ2v) is 4.85. The first-order valence-corrected chi connectivity index (χ1v) is 6.36. The van der Waals surface area contributed by atoms with E-state index in [4.69, 9.17) is 0 Å². The number of halogens is 1. The largest absolute Gasteiger partial charge is 0.330 e. The van der Waals surface area contributed by atoms with Gasteiger partial charge in [-0.3, -0.25) is 14.9 Å². The van der Waals surface area contributed by atoms with Crippen LogP contribution in [0.25, 0.3) is 0 Å². The maximum absolute atomic E-state index is 13.3. The van der Waals surface area contributed by atoms with Crippen LogP contribution >= 0.6 is 0 Å². The highest BCUT2D eigenvalue weighted by atomic mass is 19.1. The van der Waals surface area contributed by atoms with E-state index in [0.29, 0.717) is 13.1 Å². The summed E-state index contributed by atoms with van der Waals surface area (Å²) in [6.45, 7) is 0.917. The van der Waals surface area contributed by atoms with Gasteiger partial charge in [0.1, 0.15) is 0 Å². The van der Waals surface area contributed by atoms with Crippen molar-refractivity contribution in [1.82, 2.24) is 4.90 Å². The lowest BCUT2D eigenvalue weighted by atomic mass is 10.1.